The van der Waals surface area contributed by atoms with Gasteiger partial charge in [0.25, 0.3) is 5.91 Å². The second-order valence-electron chi connectivity index (χ2n) is 18.0. The molecule has 2 amide bonds. The number of thioether (sulfide) groups is 1. The Morgan fingerprint density at radius 2 is 1.72 bits per heavy atom. The number of hydrogen-bond acceptors (Lipinski definition) is 17. The van der Waals surface area contributed by atoms with Crippen LogP contribution in [0.4, 0.5) is 26.2 Å². The van der Waals surface area contributed by atoms with E-state index < -0.39 is 28.4 Å². The Labute approximate surface area is 435 Å². The van der Waals surface area contributed by atoms with Gasteiger partial charge < -0.3 is 50.1 Å². The Morgan fingerprint density at radius 3 is 2.33 bits per heavy atom. The fraction of sp³-hybridized carbons (Fsp3) is 0.540. The minimum Gasteiger partial charge on any atom is -0.495 e. The van der Waals surface area contributed by atoms with Crippen molar-refractivity contribution in [1.29, 1.82) is 0 Å². The number of aromatic nitrogens is 3. The third-order valence-electron chi connectivity index (χ3n) is 11.7. The number of rotatable bonds is 23. The minimum atomic E-state index is -2.12. The molecule has 6 rings (SSSR count). The van der Waals surface area contributed by atoms with Gasteiger partial charge >= 0.3 is 0 Å². The number of benzene rings is 2. The predicted octanol–water partition coefficient (Wildman–Crippen LogP) is 6.92. The van der Waals surface area contributed by atoms with Crippen molar-refractivity contribution in [3.63, 3.8) is 0 Å². The van der Waals surface area contributed by atoms with Gasteiger partial charge in [-0.3, -0.25) is 19.3 Å². The molecule has 0 bridgehead atoms. The van der Waals surface area contributed by atoms with E-state index >= 15 is 0 Å². The zero-order valence-corrected chi connectivity index (χ0v) is 45.2. The van der Waals surface area contributed by atoms with Gasteiger partial charge in [-0.15, -0.1) is 11.3 Å². The molecule has 4 heterocycles. The number of carbonyl (C=O) groups excluding carboxylic acids is 4. The van der Waals surface area contributed by atoms with Crippen molar-refractivity contribution >= 4 is 76.5 Å². The summed E-state index contributed by atoms with van der Waals surface area (Å²) >= 11 is 8.86. The highest BCUT2D eigenvalue weighted by Crippen LogP contribution is 2.33. The molecule has 396 valence electrons. The van der Waals surface area contributed by atoms with Crippen molar-refractivity contribution < 1.29 is 42.2 Å². The molecule has 17 nitrogen and oxygen atoms in total. The Kier molecular flexibility index (Phi) is 24.7. The molecule has 4 aromatic rings. The van der Waals surface area contributed by atoms with E-state index in [1.165, 1.54) is 41.3 Å². The molecular formula is C50H71ClF2N10O7S2. The molecule has 2 aromatic carbocycles. The normalized spacial score (nSPS) is 15.6. The van der Waals surface area contributed by atoms with Crippen LogP contribution in [0.25, 0.3) is 10.4 Å². The van der Waals surface area contributed by atoms with E-state index in [0.29, 0.717) is 91.0 Å². The second-order valence-corrected chi connectivity index (χ2v) is 21.0. The van der Waals surface area contributed by atoms with Gasteiger partial charge in [-0.25, -0.2) is 18.7 Å². The van der Waals surface area contributed by atoms with Gasteiger partial charge in [0, 0.05) is 74.5 Å². The smallest absolute Gasteiger partial charge is 0.257 e. The largest absolute Gasteiger partial charge is 0.495 e. The first-order chi connectivity index (χ1) is 34.3. The molecule has 2 aromatic heterocycles. The van der Waals surface area contributed by atoms with Crippen LogP contribution >= 0.6 is 34.7 Å². The fourth-order valence-corrected chi connectivity index (χ4v) is 9.54. The Morgan fingerprint density at radius 1 is 1.00 bits per heavy atom. The van der Waals surface area contributed by atoms with Crippen molar-refractivity contribution in [3.05, 3.63) is 75.8 Å². The lowest BCUT2D eigenvalue weighted by atomic mass is 9.99. The number of aryl methyl sites for hydroxylation is 1. The lowest BCUT2D eigenvalue weighted by Gasteiger charge is -2.37. The minimum absolute atomic E-state index is 0.180. The maximum absolute atomic E-state index is 14.3. The van der Waals surface area contributed by atoms with Gasteiger partial charge in [0.1, 0.15) is 41.0 Å². The van der Waals surface area contributed by atoms with E-state index in [2.05, 4.69) is 53.1 Å². The number of nitrogens with one attached hydrogen (secondary N) is 4. The molecule has 4 N–H and O–H groups in total. The number of likely N-dealkylation sites (N-methyl/N-ethyl adjacent to an activating group) is 1. The number of likely N-dealkylation sites (tertiary alicyclic amines) is 1. The van der Waals surface area contributed by atoms with Crippen LogP contribution in [0, 0.1) is 12.7 Å². The van der Waals surface area contributed by atoms with Crippen LogP contribution in [-0.4, -0.2) is 176 Å². The summed E-state index contributed by atoms with van der Waals surface area (Å²) in [5.41, 5.74) is 3.27. The lowest BCUT2D eigenvalue weighted by Crippen LogP contribution is -2.60. The maximum atomic E-state index is 14.3. The summed E-state index contributed by atoms with van der Waals surface area (Å²) in [6.07, 6.45) is 4.34. The standard InChI is InChI=1S/C25H45FN4O5S.C13H13ClN4O2.C12H13FN2S/c1-24(2,26)23(33)27-21(22(32)30-8-6-7-20(30)19-31)25(3,4)36-18-17-35-16-15-34-14-13-29-11-9-28(5)10-12-29;1-15-12-9(14)6-16-13(18-12)17-10-4-3-8(7-19)5-11(10)20-2;1-8-12(16-7-15-8)10-4-3-9(6-14-2)5-11(10)13/h19-21H,6-18H2,1-5H3,(H,27,33);3-7H,1-2H3,(H2,15,16,17,18);3-5,7,14H,6H2,1-2H3/t20-,21+;;/m0../s1. The molecule has 22 heteroatoms. The van der Waals surface area contributed by atoms with E-state index in [1.807, 2.05) is 40.0 Å². The van der Waals surface area contributed by atoms with E-state index in [1.54, 1.807) is 36.8 Å². The van der Waals surface area contributed by atoms with Crippen molar-refractivity contribution in [2.24, 2.45) is 0 Å². The number of alkyl halides is 1. The molecule has 2 saturated heterocycles. The number of hydrogen-bond donors (Lipinski definition) is 4. The molecule has 0 radical (unpaired) electrons. The molecule has 0 aliphatic carbocycles. The number of anilines is 3. The van der Waals surface area contributed by atoms with Crippen LogP contribution < -0.4 is 26.0 Å². The maximum Gasteiger partial charge on any atom is 0.257 e. The van der Waals surface area contributed by atoms with Crippen LogP contribution in [0.1, 0.15) is 62.2 Å². The zero-order chi connectivity index (χ0) is 52.8. The number of nitrogens with zero attached hydrogens (tertiary/aromatic N) is 6. The van der Waals surface area contributed by atoms with Crippen molar-refractivity contribution in [3.8, 4) is 16.2 Å². The Balaban J connectivity index is 0.000000260. The predicted molar refractivity (Wildman–Crippen MR) is 283 cm³/mol. The first-order valence-electron chi connectivity index (χ1n) is 23.8. The topological polar surface area (TPSA) is 192 Å². The van der Waals surface area contributed by atoms with E-state index in [-0.39, 0.29) is 11.7 Å². The number of thiazole rings is 1. The van der Waals surface area contributed by atoms with Gasteiger partial charge in [-0.1, -0.05) is 23.7 Å². The quantitative estimate of drug-likeness (QED) is 0.0442. The van der Waals surface area contributed by atoms with Gasteiger partial charge in [-0.2, -0.15) is 16.7 Å². The van der Waals surface area contributed by atoms with Gasteiger partial charge in [0.05, 0.1) is 67.5 Å². The molecular weight excluding hydrogens is 990 g/mol. The average Bonchev–Trinajstić information content (AvgIpc) is 4.03. The van der Waals surface area contributed by atoms with Gasteiger partial charge in [0.2, 0.25) is 11.9 Å². The van der Waals surface area contributed by atoms with Crippen LogP contribution in [0.3, 0.4) is 0 Å². The highest BCUT2D eigenvalue weighted by atomic mass is 35.5. The molecule has 72 heavy (non-hydrogen) atoms. The Bertz CT molecular complexity index is 2350. The molecule has 2 aliphatic heterocycles. The summed E-state index contributed by atoms with van der Waals surface area (Å²) in [5.74, 6) is 0.628. The molecule has 0 saturated carbocycles. The number of amides is 2. The monoisotopic (exact) mass is 1060 g/mol. The molecule has 2 aliphatic rings. The SMILES string of the molecule is CN1CCN(CCOCCOCCSC(C)(C)[C@H](NC(=O)C(C)(C)F)C(=O)N2CCC[C@H]2C=O)CC1.CNCc1ccc(-c2scnc2C)c(F)c1.CNc1nc(Nc2ccc(C=O)cc2OC)ncc1Cl. The fourth-order valence-electron chi connectivity index (χ4n) is 7.47. The summed E-state index contributed by atoms with van der Waals surface area (Å²) in [4.78, 5) is 67.5. The van der Waals surface area contributed by atoms with Crippen LogP contribution in [-0.2, 0) is 30.4 Å². The average molecular weight is 1060 g/mol. The highest BCUT2D eigenvalue weighted by molar-refractivity contribution is 8.00. The van der Waals surface area contributed by atoms with Crippen LogP contribution in [0.5, 0.6) is 5.75 Å². The molecule has 0 spiro atoms. The van der Waals surface area contributed by atoms with Crippen molar-refractivity contribution in [1.82, 2.24) is 40.3 Å². The zero-order valence-electron chi connectivity index (χ0n) is 42.8. The molecule has 0 unspecified atom stereocenters. The summed E-state index contributed by atoms with van der Waals surface area (Å²) in [5, 5.41) is 11.9. The third-order valence-corrected chi connectivity index (χ3v) is 14.3. The Hall–Kier alpha value is -4.87. The van der Waals surface area contributed by atoms with Gasteiger partial charge in [-0.05, 0) is 91.4 Å². The van der Waals surface area contributed by atoms with Crippen molar-refractivity contribution in [2.75, 3.05) is 110 Å². The van der Waals surface area contributed by atoms with E-state index in [9.17, 15) is 28.0 Å². The number of aldehydes is 2. The highest BCUT2D eigenvalue weighted by Gasteiger charge is 2.44. The third kappa shape index (κ3) is 18.6. The lowest BCUT2D eigenvalue weighted by molar-refractivity contribution is -0.141. The van der Waals surface area contributed by atoms with Crippen LogP contribution in [0.2, 0.25) is 5.02 Å². The van der Waals surface area contributed by atoms with Gasteiger partial charge in [0.15, 0.2) is 5.67 Å². The van der Waals surface area contributed by atoms with E-state index in [0.717, 1.165) is 81.7 Å². The first-order valence-corrected chi connectivity index (χ1v) is 26.0. The number of methoxy groups -OCH3 is 1. The number of halogens is 3. The molecule has 2 atom stereocenters. The van der Waals surface area contributed by atoms with E-state index in [4.69, 9.17) is 25.8 Å². The summed E-state index contributed by atoms with van der Waals surface area (Å²) in [6, 6.07) is 8.89. The number of ether oxygens (including phenoxy) is 3. The summed E-state index contributed by atoms with van der Waals surface area (Å²) < 4.78 is 44.0. The molecule has 2 fully saturated rings. The van der Waals surface area contributed by atoms with Crippen molar-refractivity contribution in [2.45, 2.75) is 76.5 Å². The summed E-state index contributed by atoms with van der Waals surface area (Å²) in [6.45, 7) is 16.4. The first kappa shape index (κ1) is 59.7. The summed E-state index contributed by atoms with van der Waals surface area (Å²) in [7, 11) is 7.23. The van der Waals surface area contributed by atoms with Crippen LogP contribution in [0.15, 0.2) is 48.1 Å². The number of piperazine rings is 1. The second kappa shape index (κ2) is 29.7. The number of carbonyl (C=O) groups is 4.